The number of piperidine rings is 1. The van der Waals surface area contributed by atoms with Gasteiger partial charge in [-0.05, 0) is 51.6 Å². The summed E-state index contributed by atoms with van der Waals surface area (Å²) in [6, 6.07) is 0.981. The molecule has 0 bridgehead atoms. The Morgan fingerprint density at radius 3 is 2.35 bits per heavy atom. The summed E-state index contributed by atoms with van der Waals surface area (Å²) in [6.07, 6.45) is 8.45. The number of urea groups is 1. The normalized spacial score (nSPS) is 28.1. The summed E-state index contributed by atoms with van der Waals surface area (Å²) in [5, 5.41) is 6.10. The second kappa shape index (κ2) is 9.04. The summed E-state index contributed by atoms with van der Waals surface area (Å²) >= 11 is 2.22. The van der Waals surface area contributed by atoms with Gasteiger partial charge in [-0.3, -0.25) is 3.53 Å². The highest BCUT2D eigenvalue weighted by Crippen LogP contribution is 2.19. The van der Waals surface area contributed by atoms with Crippen LogP contribution in [-0.2, 0) is 0 Å². The molecule has 116 valence electrons. The highest BCUT2D eigenvalue weighted by atomic mass is 127. The van der Waals surface area contributed by atoms with Gasteiger partial charge < -0.3 is 15.5 Å². The largest absolute Gasteiger partial charge is 0.337 e. The molecule has 1 saturated heterocycles. The minimum absolute atomic E-state index is 0.00731. The summed E-state index contributed by atoms with van der Waals surface area (Å²) in [5.41, 5.74) is 0. The van der Waals surface area contributed by atoms with Crippen molar-refractivity contribution in [1.29, 1.82) is 0 Å². The smallest absolute Gasteiger partial charge is 0.315 e. The second-order valence-corrected chi connectivity index (χ2v) is 6.58. The molecular weight excluding hydrogens is 367 g/mol. The fourth-order valence-corrected chi connectivity index (χ4v) is 3.72. The van der Waals surface area contributed by atoms with Crippen LogP contribution in [0.25, 0.3) is 0 Å². The van der Waals surface area contributed by atoms with E-state index in [1.54, 1.807) is 0 Å². The summed E-state index contributed by atoms with van der Waals surface area (Å²) in [6.45, 7) is 4.13. The van der Waals surface area contributed by atoms with E-state index in [9.17, 15) is 4.79 Å². The first-order chi connectivity index (χ1) is 9.78. The molecule has 1 heterocycles. The molecule has 2 amide bonds. The third kappa shape index (κ3) is 5.73. The molecule has 2 rings (SSSR count). The molecule has 1 aliphatic carbocycles. The monoisotopic (exact) mass is 394 g/mol. The van der Waals surface area contributed by atoms with Crippen molar-refractivity contribution in [3.05, 3.63) is 0 Å². The van der Waals surface area contributed by atoms with Gasteiger partial charge in [0.25, 0.3) is 0 Å². The highest BCUT2D eigenvalue weighted by Gasteiger charge is 2.21. The van der Waals surface area contributed by atoms with E-state index in [-0.39, 0.29) is 6.03 Å². The van der Waals surface area contributed by atoms with Gasteiger partial charge in [0, 0.05) is 48.0 Å². The van der Waals surface area contributed by atoms with Crippen LogP contribution in [0.15, 0.2) is 0 Å². The molecule has 3 N–H and O–H groups in total. The summed E-state index contributed by atoms with van der Waals surface area (Å²) < 4.78 is 3.28. The first kappa shape index (κ1) is 16.3. The minimum Gasteiger partial charge on any atom is -0.337 e. The third-order valence-electron chi connectivity index (χ3n) is 4.38. The minimum atomic E-state index is 0.00731. The standard InChI is InChI=1S/C14H27IN4O/c15-18-13-6-4-12(5-7-13)17-14(20)16-8-11-19-9-2-1-3-10-19/h12-13,18H,1-11H2,(H2,16,17,20). The lowest BCUT2D eigenvalue weighted by Crippen LogP contribution is -2.47. The van der Waals surface area contributed by atoms with Gasteiger partial charge in [-0.25, -0.2) is 4.79 Å². The van der Waals surface area contributed by atoms with Crippen LogP contribution in [0.4, 0.5) is 4.79 Å². The molecule has 1 saturated carbocycles. The van der Waals surface area contributed by atoms with Crippen molar-refractivity contribution in [3.8, 4) is 0 Å². The van der Waals surface area contributed by atoms with Crippen LogP contribution in [0.5, 0.6) is 0 Å². The summed E-state index contributed by atoms with van der Waals surface area (Å²) in [7, 11) is 0. The number of carbonyl (C=O) groups excluding carboxylic acids is 1. The zero-order chi connectivity index (χ0) is 14.2. The fourth-order valence-electron chi connectivity index (χ4n) is 3.09. The van der Waals surface area contributed by atoms with Gasteiger partial charge in [0.2, 0.25) is 0 Å². The van der Waals surface area contributed by atoms with Crippen LogP contribution in [0, 0.1) is 0 Å². The number of hydrogen-bond donors (Lipinski definition) is 3. The van der Waals surface area contributed by atoms with E-state index in [0.717, 1.165) is 38.8 Å². The Hall–Kier alpha value is -0.0800. The molecular formula is C14H27IN4O. The van der Waals surface area contributed by atoms with Crippen LogP contribution in [0.2, 0.25) is 0 Å². The van der Waals surface area contributed by atoms with Crippen molar-refractivity contribution >= 4 is 28.9 Å². The van der Waals surface area contributed by atoms with E-state index in [1.807, 2.05) is 0 Å². The number of likely N-dealkylation sites (tertiary alicyclic amines) is 1. The zero-order valence-corrected chi connectivity index (χ0v) is 14.3. The van der Waals surface area contributed by atoms with E-state index >= 15 is 0 Å². The number of rotatable bonds is 5. The van der Waals surface area contributed by atoms with Gasteiger partial charge in [0.1, 0.15) is 0 Å². The number of halogens is 1. The van der Waals surface area contributed by atoms with Crippen molar-refractivity contribution < 1.29 is 4.79 Å². The average molecular weight is 394 g/mol. The molecule has 2 fully saturated rings. The summed E-state index contributed by atoms with van der Waals surface area (Å²) in [4.78, 5) is 14.3. The first-order valence-electron chi connectivity index (χ1n) is 7.91. The number of carbonyl (C=O) groups is 1. The molecule has 0 unspecified atom stereocenters. The van der Waals surface area contributed by atoms with Crippen molar-refractivity contribution in [3.63, 3.8) is 0 Å². The molecule has 20 heavy (non-hydrogen) atoms. The first-order valence-corrected chi connectivity index (χ1v) is 8.98. The molecule has 6 heteroatoms. The Labute approximate surface area is 136 Å². The van der Waals surface area contributed by atoms with E-state index < -0.39 is 0 Å². The van der Waals surface area contributed by atoms with E-state index in [2.05, 4.69) is 41.9 Å². The topological polar surface area (TPSA) is 56.4 Å². The highest BCUT2D eigenvalue weighted by molar-refractivity contribution is 14.1. The molecule has 5 nitrogen and oxygen atoms in total. The van der Waals surface area contributed by atoms with Gasteiger partial charge in [-0.1, -0.05) is 6.42 Å². The maximum absolute atomic E-state index is 11.8. The lowest BCUT2D eigenvalue weighted by atomic mass is 9.92. The maximum Gasteiger partial charge on any atom is 0.315 e. The van der Waals surface area contributed by atoms with Gasteiger partial charge >= 0.3 is 6.03 Å². The van der Waals surface area contributed by atoms with Crippen LogP contribution >= 0.6 is 22.9 Å². The van der Waals surface area contributed by atoms with Gasteiger partial charge in [0.15, 0.2) is 0 Å². The Kier molecular flexibility index (Phi) is 7.37. The number of amides is 2. The Morgan fingerprint density at radius 1 is 1.05 bits per heavy atom. The van der Waals surface area contributed by atoms with Gasteiger partial charge in [0.05, 0.1) is 0 Å². The van der Waals surface area contributed by atoms with Crippen LogP contribution in [0.3, 0.4) is 0 Å². The average Bonchev–Trinajstić information content (AvgIpc) is 2.49. The Bertz CT molecular complexity index is 289. The van der Waals surface area contributed by atoms with Crippen LogP contribution in [0.1, 0.15) is 44.9 Å². The maximum atomic E-state index is 11.8. The predicted octanol–water partition coefficient (Wildman–Crippen LogP) is 2.02. The van der Waals surface area contributed by atoms with E-state index in [1.165, 1.54) is 32.4 Å². The number of nitrogens with one attached hydrogen (secondary N) is 3. The van der Waals surface area contributed by atoms with Crippen molar-refractivity contribution in [1.82, 2.24) is 19.1 Å². The molecule has 1 aliphatic heterocycles. The molecule has 2 aliphatic rings. The van der Waals surface area contributed by atoms with E-state index in [4.69, 9.17) is 0 Å². The van der Waals surface area contributed by atoms with Gasteiger partial charge in [-0.2, -0.15) is 0 Å². The molecule has 0 atom stereocenters. The molecule has 0 aromatic heterocycles. The predicted molar refractivity (Wildman–Crippen MR) is 90.0 cm³/mol. The molecule has 0 radical (unpaired) electrons. The summed E-state index contributed by atoms with van der Waals surface area (Å²) in [5.74, 6) is 0. The lowest BCUT2D eigenvalue weighted by Gasteiger charge is -2.29. The van der Waals surface area contributed by atoms with Crippen LogP contribution in [-0.4, -0.2) is 49.2 Å². The van der Waals surface area contributed by atoms with Crippen molar-refractivity contribution in [2.24, 2.45) is 0 Å². The van der Waals surface area contributed by atoms with Crippen molar-refractivity contribution in [2.45, 2.75) is 57.0 Å². The Balaban J connectivity index is 1.54. The zero-order valence-electron chi connectivity index (χ0n) is 12.2. The quantitative estimate of drug-likeness (QED) is 0.494. The third-order valence-corrected chi connectivity index (χ3v) is 5.26. The van der Waals surface area contributed by atoms with Crippen LogP contribution < -0.4 is 14.2 Å². The number of nitrogens with zero attached hydrogens (tertiary/aromatic N) is 1. The fraction of sp³-hybridized carbons (Fsp3) is 0.929. The number of hydrogen-bond acceptors (Lipinski definition) is 3. The molecule has 0 aromatic carbocycles. The molecule has 0 spiro atoms. The van der Waals surface area contributed by atoms with E-state index in [0.29, 0.717) is 12.1 Å². The Morgan fingerprint density at radius 2 is 1.70 bits per heavy atom. The SMILES string of the molecule is O=C(NCCN1CCCCC1)NC1CCC(NI)CC1. The second-order valence-electron chi connectivity index (χ2n) is 5.96. The molecule has 0 aromatic rings. The van der Waals surface area contributed by atoms with Gasteiger partial charge in [-0.15, -0.1) is 0 Å². The van der Waals surface area contributed by atoms with Crippen molar-refractivity contribution in [2.75, 3.05) is 26.2 Å². The lowest BCUT2D eigenvalue weighted by molar-refractivity contribution is 0.216.